The fourth-order valence-electron chi connectivity index (χ4n) is 2.50. The maximum Gasteiger partial charge on any atom is 0.0886 e. The molecule has 0 aliphatic rings. The predicted octanol–water partition coefficient (Wildman–Crippen LogP) is 5.50. The number of rotatable bonds is 3. The van der Waals surface area contributed by atoms with Crippen LogP contribution in [-0.4, -0.2) is 10.1 Å². The highest BCUT2D eigenvalue weighted by atomic mass is 79.9. The van der Waals surface area contributed by atoms with E-state index in [0.29, 0.717) is 10.7 Å². The second kappa shape index (κ2) is 6.48. The molecular weight excluding hydrogens is 376 g/mol. The number of nitrogens with zero attached hydrogens (tertiary/aromatic N) is 1. The topological polar surface area (TPSA) is 45.1 Å². The molecular formula is C18H16BrClN2O. The molecule has 0 spiro atoms. The maximum absolute atomic E-state index is 9.54. The Hall–Kier alpha value is -1.62. The smallest absolute Gasteiger partial charge is 0.0886 e. The Morgan fingerprint density at radius 1 is 1.17 bits per heavy atom. The van der Waals surface area contributed by atoms with Gasteiger partial charge in [-0.3, -0.25) is 0 Å². The average Bonchev–Trinajstić information content (AvgIpc) is 2.53. The highest BCUT2D eigenvalue weighted by molar-refractivity contribution is 9.10. The molecule has 5 heteroatoms. The lowest BCUT2D eigenvalue weighted by Crippen LogP contribution is -2.01. The first-order valence-electron chi connectivity index (χ1n) is 7.22. The van der Waals surface area contributed by atoms with Crippen molar-refractivity contribution < 1.29 is 5.11 Å². The molecule has 0 saturated heterocycles. The molecule has 0 aliphatic carbocycles. The first kappa shape index (κ1) is 16.2. The van der Waals surface area contributed by atoms with Crippen molar-refractivity contribution in [3.05, 3.63) is 62.7 Å². The lowest BCUT2D eigenvalue weighted by Gasteiger charge is -2.16. The number of aliphatic hydroxyl groups is 1. The number of halogens is 2. The number of hydrogen-bond donors (Lipinski definition) is 2. The zero-order valence-electron chi connectivity index (χ0n) is 12.8. The third-order valence-electron chi connectivity index (χ3n) is 3.76. The highest BCUT2D eigenvalue weighted by Gasteiger charge is 2.14. The molecule has 118 valence electrons. The van der Waals surface area contributed by atoms with Crippen molar-refractivity contribution in [2.75, 3.05) is 5.32 Å². The van der Waals surface area contributed by atoms with E-state index in [2.05, 4.69) is 44.4 Å². The van der Waals surface area contributed by atoms with Crippen LogP contribution in [0.3, 0.4) is 0 Å². The van der Waals surface area contributed by atoms with Crippen molar-refractivity contribution in [3.63, 3.8) is 0 Å². The Labute approximate surface area is 148 Å². The van der Waals surface area contributed by atoms with Crippen molar-refractivity contribution in [2.24, 2.45) is 0 Å². The molecule has 0 atom stereocenters. The largest absolute Gasteiger partial charge is 0.390 e. The van der Waals surface area contributed by atoms with E-state index in [1.807, 2.05) is 32.0 Å². The van der Waals surface area contributed by atoms with Gasteiger partial charge in [0.15, 0.2) is 0 Å². The number of hydrogen-bond acceptors (Lipinski definition) is 3. The Kier molecular flexibility index (Phi) is 4.57. The number of aryl methyl sites for hydroxylation is 2. The van der Waals surface area contributed by atoms with Crippen LogP contribution in [-0.2, 0) is 6.61 Å². The molecule has 3 nitrogen and oxygen atoms in total. The van der Waals surface area contributed by atoms with E-state index < -0.39 is 0 Å². The fraction of sp³-hybridized carbons (Fsp3) is 0.167. The molecule has 1 aromatic heterocycles. The van der Waals surface area contributed by atoms with Gasteiger partial charge in [-0.15, -0.1) is 0 Å². The highest BCUT2D eigenvalue weighted by Crippen LogP contribution is 2.37. The lowest BCUT2D eigenvalue weighted by atomic mass is 10.1. The van der Waals surface area contributed by atoms with E-state index in [1.165, 1.54) is 0 Å². The van der Waals surface area contributed by atoms with Crippen LogP contribution in [0.25, 0.3) is 10.9 Å². The summed E-state index contributed by atoms with van der Waals surface area (Å²) in [6.45, 7) is 3.89. The zero-order chi connectivity index (χ0) is 16.6. The molecule has 0 fully saturated rings. The number of pyridine rings is 1. The van der Waals surface area contributed by atoms with E-state index in [0.717, 1.165) is 37.9 Å². The second-order valence-electron chi connectivity index (χ2n) is 5.51. The van der Waals surface area contributed by atoms with Gasteiger partial charge in [-0.05, 0) is 49.2 Å². The van der Waals surface area contributed by atoms with Gasteiger partial charge in [0.25, 0.3) is 0 Å². The van der Waals surface area contributed by atoms with Gasteiger partial charge in [0.2, 0.25) is 0 Å². The summed E-state index contributed by atoms with van der Waals surface area (Å²) in [5.41, 5.74) is 5.29. The van der Waals surface area contributed by atoms with Crippen LogP contribution in [0.5, 0.6) is 0 Å². The van der Waals surface area contributed by atoms with E-state index in [9.17, 15) is 5.11 Å². The minimum atomic E-state index is -0.202. The van der Waals surface area contributed by atoms with Gasteiger partial charge < -0.3 is 10.4 Å². The molecule has 0 radical (unpaired) electrons. The Bertz CT molecular complexity index is 896. The number of anilines is 2. The summed E-state index contributed by atoms with van der Waals surface area (Å²) < 4.78 is 0.948. The summed E-state index contributed by atoms with van der Waals surface area (Å²) in [6.07, 6.45) is 0. The molecule has 23 heavy (non-hydrogen) atoms. The van der Waals surface area contributed by atoms with Crippen LogP contribution in [0.15, 0.2) is 40.9 Å². The zero-order valence-corrected chi connectivity index (χ0v) is 15.2. The molecule has 0 amide bonds. The summed E-state index contributed by atoms with van der Waals surface area (Å²) in [5, 5.41) is 14.3. The Morgan fingerprint density at radius 2 is 1.96 bits per heavy atom. The van der Waals surface area contributed by atoms with Gasteiger partial charge in [0.1, 0.15) is 0 Å². The standard InChI is InChI=1S/C18H16BrClN2O/c1-10-3-4-11(2)15(7-10)22-18-13-8-12(19)5-6-14(13)21-16(9-23)17(18)20/h3-8,23H,9H2,1-2H3,(H,21,22). The van der Waals surface area contributed by atoms with Gasteiger partial charge in [-0.1, -0.05) is 39.7 Å². The second-order valence-corrected chi connectivity index (χ2v) is 6.80. The summed E-state index contributed by atoms with van der Waals surface area (Å²) in [4.78, 5) is 4.43. The van der Waals surface area contributed by atoms with E-state index in [4.69, 9.17) is 11.6 Å². The molecule has 0 aliphatic heterocycles. The number of aliphatic hydroxyl groups excluding tert-OH is 1. The van der Waals surface area contributed by atoms with Crippen molar-refractivity contribution in [1.82, 2.24) is 4.98 Å². The molecule has 0 unspecified atom stereocenters. The van der Waals surface area contributed by atoms with Crippen molar-refractivity contribution in [2.45, 2.75) is 20.5 Å². The third kappa shape index (κ3) is 3.20. The molecule has 0 bridgehead atoms. The quantitative estimate of drug-likeness (QED) is 0.619. The molecule has 3 rings (SSSR count). The molecule has 2 aromatic carbocycles. The Morgan fingerprint density at radius 3 is 2.70 bits per heavy atom. The SMILES string of the molecule is Cc1ccc(C)c(Nc2c(Cl)c(CO)nc3ccc(Br)cc23)c1. The fourth-order valence-corrected chi connectivity index (χ4v) is 3.11. The summed E-state index contributed by atoms with van der Waals surface area (Å²) >= 11 is 9.97. The molecule has 0 saturated carbocycles. The summed E-state index contributed by atoms with van der Waals surface area (Å²) in [5.74, 6) is 0. The summed E-state index contributed by atoms with van der Waals surface area (Å²) in [6, 6.07) is 12.0. The maximum atomic E-state index is 9.54. The molecule has 3 aromatic rings. The van der Waals surface area contributed by atoms with E-state index in [1.54, 1.807) is 0 Å². The number of nitrogens with one attached hydrogen (secondary N) is 1. The normalized spacial score (nSPS) is 11.0. The first-order valence-corrected chi connectivity index (χ1v) is 8.39. The van der Waals surface area contributed by atoms with Crippen molar-refractivity contribution in [1.29, 1.82) is 0 Å². The van der Waals surface area contributed by atoms with E-state index in [-0.39, 0.29) is 6.61 Å². The average molecular weight is 392 g/mol. The number of aromatic nitrogens is 1. The van der Waals surface area contributed by atoms with Gasteiger partial charge >= 0.3 is 0 Å². The van der Waals surface area contributed by atoms with Gasteiger partial charge in [-0.25, -0.2) is 4.98 Å². The predicted molar refractivity (Wildman–Crippen MR) is 99.6 cm³/mol. The summed E-state index contributed by atoms with van der Waals surface area (Å²) in [7, 11) is 0. The van der Waals surface area contributed by atoms with Crippen molar-refractivity contribution in [3.8, 4) is 0 Å². The minimum absolute atomic E-state index is 0.202. The van der Waals surface area contributed by atoms with Crippen LogP contribution in [0.4, 0.5) is 11.4 Å². The van der Waals surface area contributed by atoms with Crippen molar-refractivity contribution >= 4 is 49.8 Å². The Balaban J connectivity index is 2.24. The molecule has 1 heterocycles. The number of benzene rings is 2. The van der Waals surface area contributed by atoms with Crippen LogP contribution in [0, 0.1) is 13.8 Å². The monoisotopic (exact) mass is 390 g/mol. The number of fused-ring (bicyclic) bond motifs is 1. The molecule has 2 N–H and O–H groups in total. The first-order chi connectivity index (χ1) is 11.0. The van der Waals surface area contributed by atoms with Crippen LogP contribution in [0.2, 0.25) is 5.02 Å². The van der Waals surface area contributed by atoms with Crippen LogP contribution in [0.1, 0.15) is 16.8 Å². The van der Waals surface area contributed by atoms with Gasteiger partial charge in [-0.2, -0.15) is 0 Å². The minimum Gasteiger partial charge on any atom is -0.390 e. The van der Waals surface area contributed by atoms with Gasteiger partial charge in [0.05, 0.1) is 28.5 Å². The third-order valence-corrected chi connectivity index (χ3v) is 4.66. The van der Waals surface area contributed by atoms with Crippen LogP contribution < -0.4 is 5.32 Å². The van der Waals surface area contributed by atoms with Gasteiger partial charge in [0, 0.05) is 15.5 Å². The van der Waals surface area contributed by atoms with E-state index >= 15 is 0 Å². The lowest BCUT2D eigenvalue weighted by molar-refractivity contribution is 0.277. The van der Waals surface area contributed by atoms with Crippen LogP contribution >= 0.6 is 27.5 Å².